The Kier molecular flexibility index (Phi) is 3.49. The van der Waals surface area contributed by atoms with E-state index in [1.807, 2.05) is 6.92 Å². The fourth-order valence-electron chi connectivity index (χ4n) is 1.49. The summed E-state index contributed by atoms with van der Waals surface area (Å²) in [5, 5.41) is 2.83. The van der Waals surface area contributed by atoms with Gasteiger partial charge in [0.25, 0.3) is 5.91 Å². The molecular weight excluding hydrogens is 220 g/mol. The Morgan fingerprint density at radius 2 is 2.24 bits per heavy atom. The molecule has 0 spiro atoms. The van der Waals surface area contributed by atoms with Gasteiger partial charge in [0.1, 0.15) is 0 Å². The molecule has 0 aromatic heterocycles. The van der Waals surface area contributed by atoms with Crippen molar-refractivity contribution in [3.8, 4) is 11.5 Å². The monoisotopic (exact) mass is 236 g/mol. The normalized spacial score (nSPS) is 14.5. The average Bonchev–Trinajstić information content (AvgIpc) is 2.82. The molecule has 1 atom stereocenters. The van der Waals surface area contributed by atoms with Gasteiger partial charge in [-0.3, -0.25) is 4.79 Å². The molecule has 0 aliphatic carbocycles. The van der Waals surface area contributed by atoms with Crippen LogP contribution in [0.5, 0.6) is 11.5 Å². The Balaban J connectivity index is 2.00. The maximum absolute atomic E-state index is 11.8. The molecule has 1 unspecified atom stereocenters. The summed E-state index contributed by atoms with van der Waals surface area (Å²) in [4.78, 5) is 11.8. The third-order valence-electron chi connectivity index (χ3n) is 2.65. The lowest BCUT2D eigenvalue weighted by Crippen LogP contribution is -2.31. The van der Waals surface area contributed by atoms with Gasteiger partial charge in [-0.1, -0.05) is 6.92 Å². The third-order valence-corrected chi connectivity index (χ3v) is 2.65. The van der Waals surface area contributed by atoms with Crippen molar-refractivity contribution >= 4 is 5.91 Å². The van der Waals surface area contributed by atoms with Crippen molar-refractivity contribution < 1.29 is 14.3 Å². The van der Waals surface area contributed by atoms with E-state index in [1.165, 1.54) is 0 Å². The number of ether oxygens (including phenoxy) is 2. The number of carbonyl (C=O) groups is 1. The van der Waals surface area contributed by atoms with Crippen molar-refractivity contribution in [3.05, 3.63) is 23.8 Å². The van der Waals surface area contributed by atoms with Gasteiger partial charge in [0.15, 0.2) is 11.5 Å². The minimum absolute atomic E-state index is 0.122. The van der Waals surface area contributed by atoms with Gasteiger partial charge in [0, 0.05) is 12.1 Å². The first kappa shape index (κ1) is 11.7. The molecule has 1 aliphatic rings. The second-order valence-electron chi connectivity index (χ2n) is 4.12. The summed E-state index contributed by atoms with van der Waals surface area (Å²) in [5.41, 5.74) is 6.05. The highest BCUT2D eigenvalue weighted by Gasteiger charge is 2.16. The first-order valence-electron chi connectivity index (χ1n) is 5.58. The zero-order valence-corrected chi connectivity index (χ0v) is 9.73. The van der Waals surface area contributed by atoms with Gasteiger partial charge in [-0.15, -0.1) is 0 Å². The first-order valence-corrected chi connectivity index (χ1v) is 5.58. The van der Waals surface area contributed by atoms with Crippen molar-refractivity contribution in [2.24, 2.45) is 11.7 Å². The Labute approximate surface area is 99.9 Å². The molecular formula is C12H16N2O3. The lowest BCUT2D eigenvalue weighted by atomic mass is 10.1. The summed E-state index contributed by atoms with van der Waals surface area (Å²) in [6.45, 7) is 3.33. The number of amides is 1. The lowest BCUT2D eigenvalue weighted by molar-refractivity contribution is 0.0948. The van der Waals surface area contributed by atoms with Crippen LogP contribution in [-0.4, -0.2) is 25.8 Å². The molecule has 1 aromatic rings. The number of carbonyl (C=O) groups excluding carboxylic acids is 1. The number of nitrogens with two attached hydrogens (primary N) is 1. The van der Waals surface area contributed by atoms with E-state index in [0.717, 1.165) is 0 Å². The molecule has 5 heteroatoms. The molecule has 0 bridgehead atoms. The average molecular weight is 236 g/mol. The van der Waals surface area contributed by atoms with Crippen molar-refractivity contribution in [3.63, 3.8) is 0 Å². The fraction of sp³-hybridized carbons (Fsp3) is 0.417. The van der Waals surface area contributed by atoms with Gasteiger partial charge < -0.3 is 20.5 Å². The summed E-state index contributed by atoms with van der Waals surface area (Å²) in [7, 11) is 0. The van der Waals surface area contributed by atoms with E-state index in [4.69, 9.17) is 15.2 Å². The van der Waals surface area contributed by atoms with Crippen LogP contribution in [0.2, 0.25) is 0 Å². The van der Waals surface area contributed by atoms with Crippen LogP contribution in [-0.2, 0) is 0 Å². The molecule has 0 fully saturated rings. The minimum atomic E-state index is -0.122. The Morgan fingerprint density at radius 1 is 1.47 bits per heavy atom. The van der Waals surface area contributed by atoms with Crippen LogP contribution in [0.25, 0.3) is 0 Å². The Bertz CT molecular complexity index is 420. The summed E-state index contributed by atoms with van der Waals surface area (Å²) in [6, 6.07) is 5.14. The van der Waals surface area contributed by atoms with Crippen LogP contribution in [0.15, 0.2) is 18.2 Å². The summed E-state index contributed by atoms with van der Waals surface area (Å²) < 4.78 is 10.4. The van der Waals surface area contributed by atoms with E-state index in [9.17, 15) is 4.79 Å². The molecule has 1 aromatic carbocycles. The summed E-state index contributed by atoms with van der Waals surface area (Å²) in [6.07, 6.45) is 0. The fourth-order valence-corrected chi connectivity index (χ4v) is 1.49. The van der Waals surface area contributed by atoms with Crippen molar-refractivity contribution in [1.29, 1.82) is 0 Å². The zero-order chi connectivity index (χ0) is 12.3. The van der Waals surface area contributed by atoms with Crippen LogP contribution >= 0.6 is 0 Å². The minimum Gasteiger partial charge on any atom is -0.454 e. The zero-order valence-electron chi connectivity index (χ0n) is 9.73. The predicted octanol–water partition coefficient (Wildman–Crippen LogP) is 0.740. The third kappa shape index (κ3) is 2.68. The Hall–Kier alpha value is -1.75. The SMILES string of the molecule is CC(CN)CNC(=O)c1ccc2c(c1)OCO2. The molecule has 3 N–H and O–H groups in total. The molecule has 1 aliphatic heterocycles. The van der Waals surface area contributed by atoms with Crippen LogP contribution in [0.3, 0.4) is 0 Å². The van der Waals surface area contributed by atoms with Gasteiger partial charge in [0.2, 0.25) is 6.79 Å². The molecule has 0 saturated carbocycles. The molecule has 17 heavy (non-hydrogen) atoms. The highest BCUT2D eigenvalue weighted by atomic mass is 16.7. The second kappa shape index (κ2) is 5.05. The molecule has 2 rings (SSSR count). The van der Waals surface area contributed by atoms with Crippen molar-refractivity contribution in [1.82, 2.24) is 5.32 Å². The number of fused-ring (bicyclic) bond motifs is 1. The van der Waals surface area contributed by atoms with Crippen LogP contribution < -0.4 is 20.5 Å². The number of hydrogen-bond donors (Lipinski definition) is 2. The molecule has 0 saturated heterocycles. The molecule has 1 amide bonds. The summed E-state index contributed by atoms with van der Waals surface area (Å²) >= 11 is 0. The largest absolute Gasteiger partial charge is 0.454 e. The number of nitrogens with one attached hydrogen (secondary N) is 1. The van der Waals surface area contributed by atoms with Crippen molar-refractivity contribution in [2.45, 2.75) is 6.92 Å². The van der Waals surface area contributed by atoms with Gasteiger partial charge in [-0.25, -0.2) is 0 Å². The van der Waals surface area contributed by atoms with Gasteiger partial charge in [-0.2, -0.15) is 0 Å². The number of hydrogen-bond acceptors (Lipinski definition) is 4. The molecule has 1 heterocycles. The number of rotatable bonds is 4. The Morgan fingerprint density at radius 3 is 3.00 bits per heavy atom. The van der Waals surface area contributed by atoms with E-state index < -0.39 is 0 Å². The van der Waals surface area contributed by atoms with Gasteiger partial charge in [-0.05, 0) is 30.7 Å². The first-order chi connectivity index (χ1) is 8.20. The molecule has 5 nitrogen and oxygen atoms in total. The highest BCUT2D eigenvalue weighted by molar-refractivity contribution is 5.94. The second-order valence-corrected chi connectivity index (χ2v) is 4.12. The van der Waals surface area contributed by atoms with Crippen molar-refractivity contribution in [2.75, 3.05) is 19.9 Å². The predicted molar refractivity (Wildman–Crippen MR) is 63.1 cm³/mol. The standard InChI is InChI=1S/C12H16N2O3/c1-8(5-13)6-14-12(15)9-2-3-10-11(4-9)17-7-16-10/h2-4,8H,5-7,13H2,1H3,(H,14,15). The maximum atomic E-state index is 11.8. The van der Waals surface area contributed by atoms with E-state index >= 15 is 0 Å². The van der Waals surface area contributed by atoms with Crippen LogP contribution in [0.4, 0.5) is 0 Å². The molecule has 92 valence electrons. The lowest BCUT2D eigenvalue weighted by Gasteiger charge is -2.10. The topological polar surface area (TPSA) is 73.6 Å². The highest BCUT2D eigenvalue weighted by Crippen LogP contribution is 2.32. The van der Waals surface area contributed by atoms with E-state index in [1.54, 1.807) is 18.2 Å². The van der Waals surface area contributed by atoms with E-state index in [2.05, 4.69) is 5.32 Å². The van der Waals surface area contributed by atoms with Crippen LogP contribution in [0, 0.1) is 5.92 Å². The maximum Gasteiger partial charge on any atom is 0.251 e. The number of benzene rings is 1. The summed E-state index contributed by atoms with van der Waals surface area (Å²) in [5.74, 6) is 1.44. The quantitative estimate of drug-likeness (QED) is 0.808. The smallest absolute Gasteiger partial charge is 0.251 e. The molecule has 0 radical (unpaired) electrons. The van der Waals surface area contributed by atoms with E-state index in [0.29, 0.717) is 30.2 Å². The van der Waals surface area contributed by atoms with Gasteiger partial charge >= 0.3 is 0 Å². The van der Waals surface area contributed by atoms with Crippen LogP contribution in [0.1, 0.15) is 17.3 Å². The van der Waals surface area contributed by atoms with Gasteiger partial charge in [0.05, 0.1) is 0 Å². The van der Waals surface area contributed by atoms with E-state index in [-0.39, 0.29) is 18.6 Å².